The Labute approximate surface area is 156 Å². The van der Waals surface area contributed by atoms with Gasteiger partial charge in [0.05, 0.1) is 18.8 Å². The zero-order valence-electron chi connectivity index (χ0n) is 14.4. The molecule has 3 rings (SSSR count). The summed E-state index contributed by atoms with van der Waals surface area (Å²) < 4.78 is 4.94. The number of thiazole rings is 1. The molecule has 1 aliphatic rings. The maximum Gasteiger partial charge on any atom is 0.234 e. The van der Waals surface area contributed by atoms with Gasteiger partial charge >= 0.3 is 0 Å². The van der Waals surface area contributed by atoms with Gasteiger partial charge in [-0.25, -0.2) is 4.98 Å². The summed E-state index contributed by atoms with van der Waals surface area (Å²) in [5.74, 6) is 0.0744. The number of amides is 1. The highest BCUT2D eigenvalue weighted by Gasteiger charge is 2.19. The lowest BCUT2D eigenvalue weighted by Crippen LogP contribution is -2.49. The van der Waals surface area contributed by atoms with E-state index in [-0.39, 0.29) is 5.91 Å². The van der Waals surface area contributed by atoms with Crippen LogP contribution in [0, 0.1) is 0 Å². The molecule has 1 saturated heterocycles. The molecule has 0 aromatic carbocycles. The van der Waals surface area contributed by atoms with Gasteiger partial charge in [0.25, 0.3) is 0 Å². The van der Waals surface area contributed by atoms with Crippen molar-refractivity contribution in [1.29, 1.82) is 0 Å². The first-order valence-corrected chi connectivity index (χ1v) is 10.2. The van der Waals surface area contributed by atoms with E-state index in [9.17, 15) is 4.79 Å². The predicted octanol–water partition coefficient (Wildman–Crippen LogP) is 1.75. The molecule has 3 heterocycles. The lowest BCUT2D eigenvalue weighted by molar-refractivity contribution is -0.122. The fourth-order valence-corrected chi connectivity index (χ4v) is 4.31. The van der Waals surface area contributed by atoms with E-state index in [0.717, 1.165) is 43.4 Å². The summed E-state index contributed by atoms with van der Waals surface area (Å²) in [5, 5.41) is 10.3. The average Bonchev–Trinajstić information content (AvgIpc) is 3.28. The van der Waals surface area contributed by atoms with Crippen molar-refractivity contribution in [3.8, 4) is 10.6 Å². The van der Waals surface area contributed by atoms with Gasteiger partial charge in [0, 0.05) is 62.7 Å². The van der Waals surface area contributed by atoms with Crippen LogP contribution >= 0.6 is 22.7 Å². The minimum atomic E-state index is 0.0744. The van der Waals surface area contributed by atoms with Crippen LogP contribution in [0.1, 0.15) is 5.69 Å². The van der Waals surface area contributed by atoms with Gasteiger partial charge in [0.2, 0.25) is 5.91 Å². The second-order valence-electron chi connectivity index (χ2n) is 6.05. The number of hydrogen-bond acceptors (Lipinski definition) is 7. The highest BCUT2D eigenvalue weighted by molar-refractivity contribution is 7.14. The van der Waals surface area contributed by atoms with Crippen LogP contribution in [0.4, 0.5) is 0 Å². The Hall–Kier alpha value is -1.32. The Bertz CT molecular complexity index is 651. The second kappa shape index (κ2) is 9.40. The standard InChI is InChI=1S/C17H24N4O2S2/c1-23-8-3-18-16(22)11-21-6-4-20(5-7-21)10-15-13-25-17(19-15)14-2-9-24-12-14/h2,9,12-13H,3-8,10-11H2,1H3,(H,18,22). The average molecular weight is 381 g/mol. The largest absolute Gasteiger partial charge is 0.383 e. The number of ether oxygens (including phenoxy) is 1. The van der Waals surface area contributed by atoms with Gasteiger partial charge in [0.15, 0.2) is 0 Å². The van der Waals surface area contributed by atoms with E-state index in [4.69, 9.17) is 9.72 Å². The minimum Gasteiger partial charge on any atom is -0.383 e. The Balaban J connectivity index is 1.40. The zero-order valence-corrected chi connectivity index (χ0v) is 16.1. The van der Waals surface area contributed by atoms with E-state index in [1.165, 1.54) is 5.56 Å². The van der Waals surface area contributed by atoms with Gasteiger partial charge in [-0.1, -0.05) is 0 Å². The molecule has 0 aliphatic carbocycles. The number of hydrogen-bond donors (Lipinski definition) is 1. The molecule has 2 aromatic heterocycles. The lowest BCUT2D eigenvalue weighted by Gasteiger charge is -2.33. The number of carbonyl (C=O) groups excluding carboxylic acids is 1. The summed E-state index contributed by atoms with van der Waals surface area (Å²) in [7, 11) is 1.64. The Morgan fingerprint density at radius 1 is 1.28 bits per heavy atom. The van der Waals surface area contributed by atoms with Crippen LogP contribution in [0.5, 0.6) is 0 Å². The summed E-state index contributed by atoms with van der Waals surface area (Å²) in [4.78, 5) is 21.2. The molecule has 6 nitrogen and oxygen atoms in total. The number of carbonyl (C=O) groups is 1. The van der Waals surface area contributed by atoms with Crippen LogP contribution in [0.15, 0.2) is 22.2 Å². The van der Waals surface area contributed by atoms with Crippen molar-refractivity contribution in [2.45, 2.75) is 6.54 Å². The summed E-state index contributed by atoms with van der Waals surface area (Å²) in [6.45, 7) is 6.25. The quantitative estimate of drug-likeness (QED) is 0.707. The van der Waals surface area contributed by atoms with Crippen LogP contribution in [-0.2, 0) is 16.1 Å². The molecule has 8 heteroatoms. The molecule has 0 unspecified atom stereocenters. The topological polar surface area (TPSA) is 57.7 Å². The molecule has 0 spiro atoms. The Morgan fingerprint density at radius 2 is 2.08 bits per heavy atom. The fraction of sp³-hybridized carbons (Fsp3) is 0.529. The first kappa shape index (κ1) is 18.5. The van der Waals surface area contributed by atoms with Crippen LogP contribution in [0.3, 0.4) is 0 Å². The van der Waals surface area contributed by atoms with E-state index in [1.807, 2.05) is 0 Å². The number of piperazine rings is 1. The number of thiophene rings is 1. The number of nitrogens with zero attached hydrogens (tertiary/aromatic N) is 3. The maximum atomic E-state index is 11.8. The highest BCUT2D eigenvalue weighted by atomic mass is 32.1. The number of methoxy groups -OCH3 is 1. The van der Waals surface area contributed by atoms with E-state index < -0.39 is 0 Å². The van der Waals surface area contributed by atoms with Crippen molar-refractivity contribution in [2.24, 2.45) is 0 Å². The first-order valence-electron chi connectivity index (χ1n) is 8.42. The van der Waals surface area contributed by atoms with Crippen molar-refractivity contribution >= 4 is 28.6 Å². The smallest absolute Gasteiger partial charge is 0.234 e. The molecule has 0 saturated carbocycles. The predicted molar refractivity (Wildman–Crippen MR) is 102 cm³/mol. The Morgan fingerprint density at radius 3 is 2.80 bits per heavy atom. The summed E-state index contributed by atoms with van der Waals surface area (Å²) in [6.07, 6.45) is 0. The van der Waals surface area contributed by atoms with Crippen LogP contribution in [-0.4, -0.2) is 73.7 Å². The van der Waals surface area contributed by atoms with Gasteiger partial charge in [-0.05, 0) is 11.4 Å². The number of nitrogens with one attached hydrogen (secondary N) is 1. The maximum absolute atomic E-state index is 11.8. The molecule has 2 aromatic rings. The monoisotopic (exact) mass is 380 g/mol. The molecular formula is C17H24N4O2S2. The lowest BCUT2D eigenvalue weighted by atomic mass is 10.3. The van der Waals surface area contributed by atoms with Gasteiger partial charge in [-0.3, -0.25) is 14.6 Å². The van der Waals surface area contributed by atoms with Gasteiger partial charge < -0.3 is 10.1 Å². The van der Waals surface area contributed by atoms with E-state index in [1.54, 1.807) is 29.8 Å². The van der Waals surface area contributed by atoms with Gasteiger partial charge in [-0.15, -0.1) is 11.3 Å². The number of aromatic nitrogens is 1. The third kappa shape index (κ3) is 5.58. The fourth-order valence-electron chi connectivity index (χ4n) is 2.78. The molecule has 136 valence electrons. The minimum absolute atomic E-state index is 0.0744. The summed E-state index contributed by atoms with van der Waals surface area (Å²) in [6, 6.07) is 2.11. The van der Waals surface area contributed by atoms with E-state index >= 15 is 0 Å². The normalized spacial score (nSPS) is 16.2. The third-order valence-electron chi connectivity index (χ3n) is 4.17. The second-order valence-corrected chi connectivity index (χ2v) is 7.69. The molecule has 1 fully saturated rings. The van der Waals surface area contributed by atoms with Gasteiger partial charge in [0.1, 0.15) is 5.01 Å². The molecule has 25 heavy (non-hydrogen) atoms. The zero-order chi connectivity index (χ0) is 17.5. The highest BCUT2D eigenvalue weighted by Crippen LogP contribution is 2.26. The molecular weight excluding hydrogens is 356 g/mol. The molecule has 1 aliphatic heterocycles. The SMILES string of the molecule is COCCNC(=O)CN1CCN(Cc2csc(-c3ccsc3)n2)CC1. The number of rotatable bonds is 8. The third-order valence-corrected chi connectivity index (χ3v) is 5.79. The van der Waals surface area contributed by atoms with Gasteiger partial charge in [-0.2, -0.15) is 11.3 Å². The molecule has 0 atom stereocenters. The van der Waals surface area contributed by atoms with E-state index in [0.29, 0.717) is 19.7 Å². The van der Waals surface area contributed by atoms with E-state index in [2.05, 4.69) is 37.3 Å². The van der Waals surface area contributed by atoms with Crippen LogP contribution in [0.2, 0.25) is 0 Å². The van der Waals surface area contributed by atoms with Crippen LogP contribution < -0.4 is 5.32 Å². The first-order chi connectivity index (χ1) is 12.2. The van der Waals surface area contributed by atoms with Crippen molar-refractivity contribution in [3.05, 3.63) is 27.9 Å². The molecule has 0 radical (unpaired) electrons. The van der Waals surface area contributed by atoms with Crippen molar-refractivity contribution in [1.82, 2.24) is 20.1 Å². The molecule has 1 amide bonds. The Kier molecular flexibility index (Phi) is 6.94. The van der Waals surface area contributed by atoms with Crippen molar-refractivity contribution in [2.75, 3.05) is 53.0 Å². The summed E-state index contributed by atoms with van der Waals surface area (Å²) in [5.41, 5.74) is 2.35. The molecule has 0 bridgehead atoms. The van der Waals surface area contributed by atoms with Crippen molar-refractivity contribution < 1.29 is 9.53 Å². The molecule has 1 N–H and O–H groups in total. The van der Waals surface area contributed by atoms with Crippen LogP contribution in [0.25, 0.3) is 10.6 Å². The summed E-state index contributed by atoms with van der Waals surface area (Å²) >= 11 is 3.41. The van der Waals surface area contributed by atoms with Crippen molar-refractivity contribution in [3.63, 3.8) is 0 Å².